The molecule has 0 spiro atoms. The average molecular weight is 342 g/mol. The van der Waals surface area contributed by atoms with Gasteiger partial charge in [-0.05, 0) is 48.5 Å². The summed E-state index contributed by atoms with van der Waals surface area (Å²) >= 11 is 0. The molecule has 2 aromatic carbocycles. The van der Waals surface area contributed by atoms with E-state index in [0.717, 1.165) is 0 Å². The van der Waals surface area contributed by atoms with E-state index in [9.17, 15) is 18.1 Å². The van der Waals surface area contributed by atoms with E-state index in [0.29, 0.717) is 22.5 Å². The molecule has 0 aliphatic carbocycles. The van der Waals surface area contributed by atoms with Gasteiger partial charge in [0.15, 0.2) is 0 Å². The lowest BCUT2D eigenvalue weighted by Crippen LogP contribution is -2.12. The summed E-state index contributed by atoms with van der Waals surface area (Å²) in [6, 6.07) is 13.5. The van der Waals surface area contributed by atoms with Gasteiger partial charge in [0, 0.05) is 11.8 Å². The number of primary sulfonamides is 1. The van der Waals surface area contributed by atoms with Crippen LogP contribution in [0.2, 0.25) is 0 Å². The van der Waals surface area contributed by atoms with Gasteiger partial charge in [0.2, 0.25) is 10.0 Å². The number of nitrogens with two attached hydrogens (primary N) is 1. The van der Waals surface area contributed by atoms with Crippen molar-refractivity contribution in [2.75, 3.05) is 0 Å². The van der Waals surface area contributed by atoms with Crippen molar-refractivity contribution in [2.45, 2.75) is 4.90 Å². The first-order valence-electron chi connectivity index (χ1n) is 6.77. The highest BCUT2D eigenvalue weighted by Gasteiger charge is 2.13. The maximum atomic E-state index is 13.0. The molecule has 0 atom stereocenters. The first-order chi connectivity index (χ1) is 11.4. The van der Waals surface area contributed by atoms with Crippen LogP contribution in [-0.2, 0) is 10.0 Å². The number of halogens is 1. The van der Waals surface area contributed by atoms with Crippen LogP contribution in [0.15, 0.2) is 59.6 Å². The zero-order valence-electron chi connectivity index (χ0n) is 12.2. The molecule has 6 nitrogen and oxygen atoms in total. The van der Waals surface area contributed by atoms with Gasteiger partial charge in [0.1, 0.15) is 17.6 Å². The van der Waals surface area contributed by atoms with Crippen molar-refractivity contribution >= 4 is 10.0 Å². The highest BCUT2D eigenvalue weighted by molar-refractivity contribution is 7.89. The molecule has 3 rings (SSSR count). The van der Waals surface area contributed by atoms with Crippen molar-refractivity contribution < 1.29 is 12.8 Å². The second-order valence-corrected chi connectivity index (χ2v) is 6.55. The molecule has 120 valence electrons. The minimum atomic E-state index is -3.77. The van der Waals surface area contributed by atoms with Crippen molar-refractivity contribution in [1.82, 2.24) is 9.78 Å². The molecule has 0 saturated heterocycles. The minimum absolute atomic E-state index is 0.0160. The Balaban J connectivity index is 2.04. The van der Waals surface area contributed by atoms with Crippen molar-refractivity contribution in [2.24, 2.45) is 5.14 Å². The topological polar surface area (TPSA) is 102 Å². The van der Waals surface area contributed by atoms with Crippen LogP contribution in [0.25, 0.3) is 16.9 Å². The van der Waals surface area contributed by atoms with Crippen LogP contribution in [-0.4, -0.2) is 18.2 Å². The molecule has 0 aliphatic heterocycles. The number of nitriles is 1. The Morgan fingerprint density at radius 2 is 1.71 bits per heavy atom. The van der Waals surface area contributed by atoms with Crippen molar-refractivity contribution in [3.63, 3.8) is 0 Å². The molecule has 0 fully saturated rings. The Bertz CT molecular complexity index is 1030. The number of hydrogen-bond acceptors (Lipinski definition) is 4. The SMILES string of the molecule is N#Cc1cn(-c2ccc(S(N)(=O)=O)cc2)nc1-c1ccc(F)cc1. The molecule has 0 aliphatic rings. The van der Waals surface area contributed by atoms with E-state index >= 15 is 0 Å². The largest absolute Gasteiger partial charge is 0.239 e. The van der Waals surface area contributed by atoms with Gasteiger partial charge in [-0.25, -0.2) is 22.6 Å². The zero-order valence-corrected chi connectivity index (χ0v) is 13.0. The third-order valence-corrected chi connectivity index (χ3v) is 4.31. The molecule has 2 N–H and O–H groups in total. The van der Waals surface area contributed by atoms with Gasteiger partial charge in [-0.1, -0.05) is 0 Å². The number of benzene rings is 2. The van der Waals surface area contributed by atoms with E-state index in [2.05, 4.69) is 5.10 Å². The van der Waals surface area contributed by atoms with Gasteiger partial charge in [0.25, 0.3) is 0 Å². The molecule has 0 bridgehead atoms. The third kappa shape index (κ3) is 3.03. The maximum absolute atomic E-state index is 13.0. The van der Waals surface area contributed by atoms with Crippen molar-refractivity contribution in [3.8, 4) is 23.0 Å². The fourth-order valence-electron chi connectivity index (χ4n) is 2.20. The van der Waals surface area contributed by atoms with Crippen LogP contribution in [0, 0.1) is 17.1 Å². The molecule has 0 amide bonds. The Morgan fingerprint density at radius 1 is 1.08 bits per heavy atom. The maximum Gasteiger partial charge on any atom is 0.238 e. The second kappa shape index (κ2) is 5.88. The molecule has 1 aromatic heterocycles. The van der Waals surface area contributed by atoms with E-state index in [4.69, 9.17) is 5.14 Å². The Hall–Kier alpha value is -3.02. The molecule has 8 heteroatoms. The highest BCUT2D eigenvalue weighted by Crippen LogP contribution is 2.23. The number of rotatable bonds is 3. The predicted octanol–water partition coefficient (Wildman–Crippen LogP) is 2.20. The first kappa shape index (κ1) is 15.9. The number of hydrogen-bond donors (Lipinski definition) is 1. The van der Waals surface area contributed by atoms with Crippen LogP contribution >= 0.6 is 0 Å². The van der Waals surface area contributed by atoms with E-state index in [1.165, 1.54) is 59.4 Å². The summed E-state index contributed by atoms with van der Waals surface area (Å²) in [6.45, 7) is 0. The molecular formula is C16H11FN4O2S. The predicted molar refractivity (Wildman–Crippen MR) is 85.0 cm³/mol. The first-order valence-corrected chi connectivity index (χ1v) is 8.32. The lowest BCUT2D eigenvalue weighted by Gasteiger charge is -2.03. The Morgan fingerprint density at radius 3 is 2.25 bits per heavy atom. The number of aromatic nitrogens is 2. The van der Waals surface area contributed by atoms with Crippen molar-refractivity contribution in [3.05, 3.63) is 66.1 Å². The standard InChI is InChI=1S/C16H11FN4O2S/c17-13-3-1-11(2-4-13)16-12(9-18)10-21(20-16)14-5-7-15(8-6-14)24(19,22)23/h1-8,10H,(H2,19,22,23). The summed E-state index contributed by atoms with van der Waals surface area (Å²) in [7, 11) is -3.77. The van der Waals surface area contributed by atoms with E-state index in [-0.39, 0.29) is 10.7 Å². The molecular weight excluding hydrogens is 331 g/mol. The van der Waals surface area contributed by atoms with E-state index in [1.807, 2.05) is 6.07 Å². The van der Waals surface area contributed by atoms with Crippen LogP contribution in [0.3, 0.4) is 0 Å². The fourth-order valence-corrected chi connectivity index (χ4v) is 2.71. The average Bonchev–Trinajstić information content (AvgIpc) is 2.99. The summed E-state index contributed by atoms with van der Waals surface area (Å²) in [5.41, 5.74) is 1.89. The quantitative estimate of drug-likeness (QED) is 0.788. The van der Waals surface area contributed by atoms with Gasteiger partial charge < -0.3 is 0 Å². The normalized spacial score (nSPS) is 11.2. The Labute approximate surface area is 137 Å². The van der Waals surface area contributed by atoms with Gasteiger partial charge in [-0.2, -0.15) is 10.4 Å². The van der Waals surface area contributed by atoms with Gasteiger partial charge in [-0.15, -0.1) is 0 Å². The van der Waals surface area contributed by atoms with Gasteiger partial charge >= 0.3 is 0 Å². The summed E-state index contributed by atoms with van der Waals surface area (Å²) in [5, 5.41) is 18.7. The fraction of sp³-hybridized carbons (Fsp3) is 0. The van der Waals surface area contributed by atoms with Crippen LogP contribution in [0.5, 0.6) is 0 Å². The van der Waals surface area contributed by atoms with Crippen LogP contribution in [0.1, 0.15) is 5.56 Å². The van der Waals surface area contributed by atoms with Crippen LogP contribution in [0.4, 0.5) is 4.39 Å². The molecule has 0 unspecified atom stereocenters. The number of nitrogens with zero attached hydrogens (tertiary/aromatic N) is 3. The molecule has 1 heterocycles. The molecule has 0 radical (unpaired) electrons. The van der Waals surface area contributed by atoms with Crippen molar-refractivity contribution in [1.29, 1.82) is 5.26 Å². The third-order valence-electron chi connectivity index (χ3n) is 3.38. The molecule has 3 aromatic rings. The minimum Gasteiger partial charge on any atom is -0.239 e. The summed E-state index contributed by atoms with van der Waals surface area (Å²) in [6.07, 6.45) is 1.52. The van der Waals surface area contributed by atoms with Gasteiger partial charge in [-0.3, -0.25) is 0 Å². The van der Waals surface area contributed by atoms with E-state index in [1.54, 1.807) is 0 Å². The smallest absolute Gasteiger partial charge is 0.238 e. The van der Waals surface area contributed by atoms with Crippen LogP contribution < -0.4 is 5.14 Å². The van der Waals surface area contributed by atoms with E-state index < -0.39 is 10.0 Å². The summed E-state index contributed by atoms with van der Waals surface area (Å²) < 4.78 is 37.0. The number of sulfonamides is 1. The summed E-state index contributed by atoms with van der Waals surface area (Å²) in [5.74, 6) is -0.379. The lowest BCUT2D eigenvalue weighted by atomic mass is 10.1. The zero-order chi connectivity index (χ0) is 17.3. The second-order valence-electron chi connectivity index (χ2n) is 4.99. The van der Waals surface area contributed by atoms with Gasteiger partial charge in [0.05, 0.1) is 16.1 Å². The lowest BCUT2D eigenvalue weighted by molar-refractivity contribution is 0.597. The monoisotopic (exact) mass is 342 g/mol. The highest BCUT2D eigenvalue weighted by atomic mass is 32.2. The molecule has 0 saturated carbocycles. The Kier molecular flexibility index (Phi) is 3.89. The molecule has 24 heavy (non-hydrogen) atoms. The summed E-state index contributed by atoms with van der Waals surface area (Å²) in [4.78, 5) is -0.0160.